The fourth-order valence-electron chi connectivity index (χ4n) is 1.65. The molecule has 0 radical (unpaired) electrons. The summed E-state index contributed by atoms with van der Waals surface area (Å²) >= 11 is 20.5. The van der Waals surface area contributed by atoms with Gasteiger partial charge in [-0.2, -0.15) is 0 Å². The fraction of sp³-hybridized carbons (Fsp3) is 0.231. The van der Waals surface area contributed by atoms with E-state index in [0.717, 1.165) is 22.1 Å². The van der Waals surface area contributed by atoms with Gasteiger partial charge in [-0.3, -0.25) is 0 Å². The minimum Gasteiger partial charge on any atom is -0.232 e. The lowest BCUT2D eigenvalue weighted by Gasteiger charge is -2.09. The zero-order chi connectivity index (χ0) is 14.0. The van der Waals surface area contributed by atoms with E-state index in [-0.39, 0.29) is 0 Å². The molecule has 19 heavy (non-hydrogen) atoms. The molecule has 0 atom stereocenters. The van der Waals surface area contributed by atoms with Crippen LogP contribution < -0.4 is 0 Å². The molecule has 0 aliphatic rings. The van der Waals surface area contributed by atoms with E-state index in [9.17, 15) is 0 Å². The number of aryl methyl sites for hydroxylation is 1. The number of hydrogen-bond acceptors (Lipinski definition) is 2. The normalized spacial score (nSPS) is 10.8. The highest BCUT2D eigenvalue weighted by molar-refractivity contribution is 14.1. The second-order valence-corrected chi connectivity index (χ2v) is 6.25. The van der Waals surface area contributed by atoms with Crippen LogP contribution in [0.1, 0.15) is 19.0 Å². The van der Waals surface area contributed by atoms with E-state index in [2.05, 4.69) is 39.5 Å². The molecule has 100 valence electrons. The molecule has 2 rings (SSSR count). The fourth-order valence-corrected chi connectivity index (χ4v) is 2.73. The Morgan fingerprint density at radius 3 is 2.58 bits per heavy atom. The molecule has 0 amide bonds. The van der Waals surface area contributed by atoms with Crippen LogP contribution in [0.3, 0.4) is 0 Å². The highest BCUT2D eigenvalue weighted by Gasteiger charge is 2.14. The quantitative estimate of drug-likeness (QED) is 0.467. The van der Waals surface area contributed by atoms with E-state index in [1.54, 1.807) is 18.2 Å². The Kier molecular flexibility index (Phi) is 5.29. The van der Waals surface area contributed by atoms with Gasteiger partial charge in [0.1, 0.15) is 5.15 Å². The molecule has 0 unspecified atom stereocenters. The largest absolute Gasteiger partial charge is 0.232 e. The molecule has 0 bridgehead atoms. The summed E-state index contributed by atoms with van der Waals surface area (Å²) in [6.07, 6.45) is 1.84. The van der Waals surface area contributed by atoms with Crippen molar-refractivity contribution >= 4 is 57.4 Å². The van der Waals surface area contributed by atoms with E-state index >= 15 is 0 Å². The van der Waals surface area contributed by atoms with E-state index in [1.807, 2.05) is 0 Å². The maximum Gasteiger partial charge on any atom is 0.162 e. The van der Waals surface area contributed by atoms with Crippen molar-refractivity contribution in [1.82, 2.24) is 9.97 Å². The third kappa shape index (κ3) is 3.51. The van der Waals surface area contributed by atoms with Crippen molar-refractivity contribution in [2.45, 2.75) is 19.8 Å². The molecule has 1 heterocycles. The Morgan fingerprint density at radius 1 is 1.16 bits per heavy atom. The first-order valence-corrected chi connectivity index (χ1v) is 7.91. The van der Waals surface area contributed by atoms with Crippen LogP contribution in [0.4, 0.5) is 0 Å². The minimum atomic E-state index is 0.449. The van der Waals surface area contributed by atoms with Crippen LogP contribution in [0.2, 0.25) is 15.2 Å². The highest BCUT2D eigenvalue weighted by atomic mass is 127. The van der Waals surface area contributed by atoms with Gasteiger partial charge in [-0.1, -0.05) is 48.1 Å². The first-order valence-electron chi connectivity index (χ1n) is 5.70. The summed E-state index contributed by atoms with van der Waals surface area (Å²) in [6.45, 7) is 2.10. The molecule has 0 aliphatic heterocycles. The number of nitrogens with zero attached hydrogens (tertiary/aromatic N) is 2. The predicted molar refractivity (Wildman–Crippen MR) is 89.2 cm³/mol. The van der Waals surface area contributed by atoms with Gasteiger partial charge >= 0.3 is 0 Å². The van der Waals surface area contributed by atoms with Crippen molar-refractivity contribution in [2.75, 3.05) is 0 Å². The van der Waals surface area contributed by atoms with Crippen molar-refractivity contribution < 1.29 is 0 Å². The molecule has 6 heteroatoms. The lowest BCUT2D eigenvalue weighted by atomic mass is 10.2. The summed E-state index contributed by atoms with van der Waals surface area (Å²) in [5, 5.41) is 1.60. The van der Waals surface area contributed by atoms with Gasteiger partial charge in [-0.05, 0) is 47.2 Å². The average molecular weight is 428 g/mol. The van der Waals surface area contributed by atoms with E-state index < -0.39 is 0 Å². The summed E-state index contributed by atoms with van der Waals surface area (Å²) < 4.78 is 0.892. The summed E-state index contributed by atoms with van der Waals surface area (Å²) in [7, 11) is 0. The summed E-state index contributed by atoms with van der Waals surface area (Å²) in [5.74, 6) is 0.515. The highest BCUT2D eigenvalue weighted by Crippen LogP contribution is 2.31. The van der Waals surface area contributed by atoms with Crippen LogP contribution in [-0.2, 0) is 6.42 Å². The van der Waals surface area contributed by atoms with Crippen LogP contribution in [-0.4, -0.2) is 9.97 Å². The molecule has 2 aromatic rings. The first kappa shape index (κ1) is 15.3. The van der Waals surface area contributed by atoms with Gasteiger partial charge in [0, 0.05) is 10.6 Å². The molecule has 1 aromatic heterocycles. The maximum atomic E-state index is 6.17. The van der Waals surface area contributed by atoms with Crippen LogP contribution >= 0.6 is 57.4 Å². The summed E-state index contributed by atoms with van der Waals surface area (Å²) in [5.41, 5.74) is 1.64. The van der Waals surface area contributed by atoms with E-state index in [0.29, 0.717) is 26.6 Å². The van der Waals surface area contributed by atoms with Gasteiger partial charge in [0.25, 0.3) is 0 Å². The van der Waals surface area contributed by atoms with Gasteiger partial charge in [0.2, 0.25) is 0 Å². The number of benzene rings is 1. The monoisotopic (exact) mass is 426 g/mol. The van der Waals surface area contributed by atoms with Gasteiger partial charge in [0.15, 0.2) is 5.82 Å². The number of hydrogen-bond donors (Lipinski definition) is 0. The third-order valence-electron chi connectivity index (χ3n) is 2.54. The molecular weight excluding hydrogens is 417 g/mol. The summed E-state index contributed by atoms with van der Waals surface area (Å²) in [6, 6.07) is 5.21. The van der Waals surface area contributed by atoms with E-state index in [1.165, 1.54) is 0 Å². The third-order valence-corrected chi connectivity index (χ3v) is 4.83. The molecule has 0 fully saturated rings. The lowest BCUT2D eigenvalue weighted by Crippen LogP contribution is -2.01. The van der Waals surface area contributed by atoms with Crippen LogP contribution in [0.5, 0.6) is 0 Å². The first-order chi connectivity index (χ1) is 9.02. The van der Waals surface area contributed by atoms with Crippen LogP contribution in [0, 0.1) is 3.57 Å². The molecule has 0 N–H and O–H groups in total. The SMILES string of the molecule is CCCc1nc(-c2cc(Cl)ccc2Cl)nc(Cl)c1I. The maximum absolute atomic E-state index is 6.17. The van der Waals surface area contributed by atoms with Crippen LogP contribution in [0.15, 0.2) is 18.2 Å². The zero-order valence-electron chi connectivity index (χ0n) is 10.1. The minimum absolute atomic E-state index is 0.449. The van der Waals surface area contributed by atoms with E-state index in [4.69, 9.17) is 34.8 Å². The smallest absolute Gasteiger partial charge is 0.162 e. The lowest BCUT2D eigenvalue weighted by molar-refractivity contribution is 0.867. The van der Waals surface area contributed by atoms with Gasteiger partial charge in [0.05, 0.1) is 14.3 Å². The predicted octanol–water partition coefficient (Wildman–Crippen LogP) is 5.66. The zero-order valence-corrected chi connectivity index (χ0v) is 14.5. The Labute approximate surface area is 140 Å². The molecular formula is C13H10Cl3IN2. The van der Waals surface area contributed by atoms with Crippen molar-refractivity contribution in [3.8, 4) is 11.4 Å². The number of rotatable bonds is 3. The van der Waals surface area contributed by atoms with Gasteiger partial charge < -0.3 is 0 Å². The average Bonchev–Trinajstić information content (AvgIpc) is 2.38. The van der Waals surface area contributed by atoms with Crippen molar-refractivity contribution in [2.24, 2.45) is 0 Å². The number of aromatic nitrogens is 2. The van der Waals surface area contributed by atoms with Gasteiger partial charge in [-0.25, -0.2) is 9.97 Å². The Balaban J connectivity index is 2.59. The molecule has 0 spiro atoms. The standard InChI is InChI=1S/C13H10Cl3IN2/c1-2-3-10-11(17)12(16)19-13(18-10)8-6-7(14)4-5-9(8)15/h4-6H,2-3H2,1H3. The second kappa shape index (κ2) is 6.57. The molecule has 0 saturated heterocycles. The van der Waals surface area contributed by atoms with Gasteiger partial charge in [-0.15, -0.1) is 0 Å². The second-order valence-electron chi connectivity index (χ2n) is 3.97. The van der Waals surface area contributed by atoms with Crippen molar-refractivity contribution in [1.29, 1.82) is 0 Å². The topological polar surface area (TPSA) is 25.8 Å². The Hall–Kier alpha value is -0.100. The molecule has 0 saturated carbocycles. The van der Waals surface area contributed by atoms with Crippen molar-refractivity contribution in [3.05, 3.63) is 42.7 Å². The molecule has 1 aromatic carbocycles. The Bertz CT molecular complexity index is 617. The van der Waals surface area contributed by atoms with Crippen molar-refractivity contribution in [3.63, 3.8) is 0 Å². The molecule has 2 nitrogen and oxygen atoms in total. The Morgan fingerprint density at radius 2 is 1.89 bits per heavy atom. The molecule has 0 aliphatic carbocycles. The van der Waals surface area contributed by atoms with Crippen LogP contribution in [0.25, 0.3) is 11.4 Å². The summed E-state index contributed by atoms with van der Waals surface area (Å²) in [4.78, 5) is 8.84. The number of halogens is 4.